The Balaban J connectivity index is 1.92. The molecule has 5 heteroatoms. The van der Waals surface area contributed by atoms with Gasteiger partial charge in [0.15, 0.2) is 11.5 Å². The molecule has 0 fully saturated rings. The Labute approximate surface area is 159 Å². The number of carbonyl (C=O) groups is 1. The van der Waals surface area contributed by atoms with Gasteiger partial charge in [-0.1, -0.05) is 38.1 Å². The average Bonchev–Trinajstić information content (AvgIpc) is 2.85. The third kappa shape index (κ3) is 2.60. The van der Waals surface area contributed by atoms with Crippen molar-refractivity contribution in [2.24, 2.45) is 16.1 Å². The van der Waals surface area contributed by atoms with Crippen molar-refractivity contribution in [2.45, 2.75) is 32.2 Å². The maximum Gasteiger partial charge on any atom is 0.261 e. The van der Waals surface area contributed by atoms with Crippen LogP contribution in [-0.2, 0) is 16.8 Å². The zero-order valence-corrected chi connectivity index (χ0v) is 15.8. The Morgan fingerprint density at radius 3 is 2.59 bits per heavy atom. The van der Waals surface area contributed by atoms with E-state index in [4.69, 9.17) is 5.73 Å². The van der Waals surface area contributed by atoms with Gasteiger partial charge in [-0.3, -0.25) is 9.69 Å². The van der Waals surface area contributed by atoms with E-state index in [0.717, 1.165) is 28.7 Å². The summed E-state index contributed by atoms with van der Waals surface area (Å²) in [6, 6.07) is 15.9. The van der Waals surface area contributed by atoms with Crippen LogP contribution in [0.3, 0.4) is 0 Å². The normalized spacial score (nSPS) is 23.1. The lowest BCUT2D eigenvalue weighted by molar-refractivity contribution is -0.132. The first kappa shape index (κ1) is 17.3. The van der Waals surface area contributed by atoms with Gasteiger partial charge in [-0.2, -0.15) is 5.26 Å². The molecule has 1 spiro atoms. The first-order valence-corrected chi connectivity index (χ1v) is 9.03. The molecule has 2 N–H and O–H groups in total. The summed E-state index contributed by atoms with van der Waals surface area (Å²) >= 11 is 0. The number of hydrogen-bond acceptors (Lipinski definition) is 4. The molecule has 2 aromatic carbocycles. The minimum atomic E-state index is -0.960. The Kier molecular flexibility index (Phi) is 3.64. The molecule has 1 unspecified atom stereocenters. The fourth-order valence-corrected chi connectivity index (χ4v) is 4.42. The van der Waals surface area contributed by atoms with Gasteiger partial charge in [0.2, 0.25) is 0 Å². The average molecular weight is 358 g/mol. The van der Waals surface area contributed by atoms with Crippen LogP contribution in [0.2, 0.25) is 0 Å². The first-order chi connectivity index (χ1) is 12.8. The van der Waals surface area contributed by atoms with Crippen LogP contribution in [0.15, 0.2) is 47.5 Å². The van der Waals surface area contributed by atoms with Gasteiger partial charge in [0.25, 0.3) is 5.91 Å². The minimum Gasteiger partial charge on any atom is -0.369 e. The number of carbonyl (C=O) groups excluding carboxylic acids is 1. The van der Waals surface area contributed by atoms with Gasteiger partial charge >= 0.3 is 0 Å². The Bertz CT molecular complexity index is 1030. The smallest absolute Gasteiger partial charge is 0.261 e. The zero-order chi connectivity index (χ0) is 19.4. The van der Waals surface area contributed by atoms with Gasteiger partial charge < -0.3 is 5.73 Å². The van der Waals surface area contributed by atoms with Crippen molar-refractivity contribution >= 4 is 11.9 Å². The molecule has 1 aliphatic carbocycles. The van der Waals surface area contributed by atoms with Gasteiger partial charge in [0.1, 0.15) is 0 Å². The lowest BCUT2D eigenvalue weighted by Crippen LogP contribution is -2.46. The predicted molar refractivity (Wildman–Crippen MR) is 105 cm³/mol. The minimum absolute atomic E-state index is 0.0557. The van der Waals surface area contributed by atoms with Crippen LogP contribution in [0, 0.1) is 16.7 Å². The second-order valence-corrected chi connectivity index (χ2v) is 8.28. The molecular formula is C22H22N4O. The van der Waals surface area contributed by atoms with E-state index in [-0.39, 0.29) is 17.3 Å². The summed E-state index contributed by atoms with van der Waals surface area (Å²) in [6.07, 6.45) is 1.51. The van der Waals surface area contributed by atoms with Crippen LogP contribution >= 0.6 is 0 Å². The maximum atomic E-state index is 13.2. The van der Waals surface area contributed by atoms with Crippen LogP contribution in [0.4, 0.5) is 0 Å². The van der Waals surface area contributed by atoms with E-state index in [1.54, 1.807) is 13.1 Å². The largest absolute Gasteiger partial charge is 0.369 e. The summed E-state index contributed by atoms with van der Waals surface area (Å²) in [5, 5.41) is 9.19. The highest BCUT2D eigenvalue weighted by atomic mass is 16.2. The van der Waals surface area contributed by atoms with Crippen molar-refractivity contribution < 1.29 is 4.79 Å². The summed E-state index contributed by atoms with van der Waals surface area (Å²) in [7, 11) is 1.68. The van der Waals surface area contributed by atoms with E-state index in [0.29, 0.717) is 12.0 Å². The molecule has 1 amide bonds. The van der Waals surface area contributed by atoms with E-state index >= 15 is 0 Å². The summed E-state index contributed by atoms with van der Waals surface area (Å²) in [6.45, 7) is 4.33. The Hall–Kier alpha value is -3.13. The van der Waals surface area contributed by atoms with Gasteiger partial charge in [0, 0.05) is 7.05 Å². The predicted octanol–water partition coefficient (Wildman–Crippen LogP) is 3.18. The van der Waals surface area contributed by atoms with Crippen molar-refractivity contribution in [3.63, 3.8) is 0 Å². The fourth-order valence-electron chi connectivity index (χ4n) is 4.42. The number of nitriles is 1. The van der Waals surface area contributed by atoms with Crippen molar-refractivity contribution in [3.05, 3.63) is 59.2 Å². The topological polar surface area (TPSA) is 82.5 Å². The van der Waals surface area contributed by atoms with E-state index in [1.165, 1.54) is 4.90 Å². The summed E-state index contributed by atoms with van der Waals surface area (Å²) < 4.78 is 0. The van der Waals surface area contributed by atoms with E-state index in [2.05, 4.69) is 43.1 Å². The number of likely N-dealkylation sites (N-methyl/N-ethyl adjacent to an activating group) is 1. The third-order valence-electron chi connectivity index (χ3n) is 5.59. The molecule has 136 valence electrons. The monoisotopic (exact) mass is 358 g/mol. The number of rotatable bonds is 1. The van der Waals surface area contributed by atoms with Crippen LogP contribution in [-0.4, -0.2) is 23.8 Å². The van der Waals surface area contributed by atoms with Crippen molar-refractivity contribution in [1.82, 2.24) is 4.90 Å². The standard InChI is InChI=1S/C22H22N4O/c1-21(2)11-17-8-7-16(15-6-4-5-14(9-15)12-23)10-18(17)22(13-21)19(27)26(3)20(24)25-22/h4-10H,11,13H2,1-3H3,(H2,24,25). The quantitative estimate of drug-likeness (QED) is 0.850. The molecule has 0 saturated heterocycles. The number of nitrogens with zero attached hydrogens (tertiary/aromatic N) is 3. The molecule has 27 heavy (non-hydrogen) atoms. The molecule has 0 aromatic heterocycles. The molecule has 4 rings (SSSR count). The van der Waals surface area contributed by atoms with Crippen LogP contribution in [0.5, 0.6) is 0 Å². The highest BCUT2D eigenvalue weighted by Gasteiger charge is 2.54. The molecule has 2 aliphatic rings. The van der Waals surface area contributed by atoms with Crippen LogP contribution < -0.4 is 5.73 Å². The second kappa shape index (κ2) is 5.68. The zero-order valence-electron chi connectivity index (χ0n) is 15.8. The number of benzene rings is 2. The summed E-state index contributed by atoms with van der Waals surface area (Å²) in [5.41, 5.74) is 9.61. The van der Waals surface area contributed by atoms with Gasteiger partial charge in [-0.25, -0.2) is 4.99 Å². The van der Waals surface area contributed by atoms with Crippen molar-refractivity contribution in [2.75, 3.05) is 7.05 Å². The first-order valence-electron chi connectivity index (χ1n) is 9.03. The molecule has 5 nitrogen and oxygen atoms in total. The second-order valence-electron chi connectivity index (χ2n) is 8.28. The highest BCUT2D eigenvalue weighted by Crippen LogP contribution is 2.50. The summed E-state index contributed by atoms with van der Waals surface area (Å²) in [4.78, 5) is 19.3. The van der Waals surface area contributed by atoms with Gasteiger partial charge in [-0.15, -0.1) is 0 Å². The van der Waals surface area contributed by atoms with E-state index in [1.807, 2.05) is 18.2 Å². The van der Waals surface area contributed by atoms with Crippen LogP contribution in [0.1, 0.15) is 37.0 Å². The molecular weight excluding hydrogens is 336 g/mol. The number of fused-ring (bicyclic) bond motifs is 2. The van der Waals surface area contributed by atoms with E-state index in [9.17, 15) is 10.1 Å². The van der Waals surface area contributed by atoms with Crippen LogP contribution in [0.25, 0.3) is 11.1 Å². The fraction of sp³-hybridized carbons (Fsp3) is 0.318. The molecule has 0 saturated carbocycles. The number of hydrogen-bond donors (Lipinski definition) is 1. The van der Waals surface area contributed by atoms with Gasteiger partial charge in [0.05, 0.1) is 11.6 Å². The summed E-state index contributed by atoms with van der Waals surface area (Å²) in [5.74, 6) is 0.192. The van der Waals surface area contributed by atoms with Gasteiger partial charge in [-0.05, 0) is 58.7 Å². The third-order valence-corrected chi connectivity index (χ3v) is 5.59. The lowest BCUT2D eigenvalue weighted by Gasteiger charge is -2.41. The molecule has 1 heterocycles. The number of nitrogens with two attached hydrogens (primary N) is 1. The van der Waals surface area contributed by atoms with Crippen molar-refractivity contribution in [1.29, 1.82) is 5.26 Å². The highest BCUT2D eigenvalue weighted by molar-refractivity contribution is 6.07. The maximum absolute atomic E-state index is 13.2. The SMILES string of the molecule is CN1C(=O)C2(CC(C)(C)Cc3ccc(-c4cccc(C#N)c4)cc32)N=C1N. The Morgan fingerprint density at radius 1 is 1.19 bits per heavy atom. The lowest BCUT2D eigenvalue weighted by atomic mass is 9.65. The van der Waals surface area contributed by atoms with Crippen molar-refractivity contribution in [3.8, 4) is 17.2 Å². The number of guanidine groups is 1. The van der Waals surface area contributed by atoms with E-state index < -0.39 is 5.54 Å². The molecule has 0 bridgehead atoms. The molecule has 1 atom stereocenters. The molecule has 1 aliphatic heterocycles. The Morgan fingerprint density at radius 2 is 1.93 bits per heavy atom. The molecule has 2 aromatic rings. The molecule has 0 radical (unpaired) electrons. The number of aliphatic imine (C=N–C) groups is 1. The number of amides is 1.